The Morgan fingerprint density at radius 3 is 2.80 bits per heavy atom. The number of nitrogens with one attached hydrogen (secondary N) is 1. The normalized spacial score (nSPS) is 13.3. The van der Waals surface area contributed by atoms with Crippen LogP contribution in [0.15, 0.2) is 18.3 Å². The lowest BCUT2D eigenvalue weighted by Gasteiger charge is -2.04. The van der Waals surface area contributed by atoms with E-state index in [-0.39, 0.29) is 6.10 Å². The largest absolute Gasteiger partial charge is 0.393 e. The first kappa shape index (κ1) is 10.8. The van der Waals surface area contributed by atoms with E-state index in [9.17, 15) is 5.11 Å². The molecule has 2 N–H and O–H groups in total. The van der Waals surface area contributed by atoms with Crippen molar-refractivity contribution in [1.29, 1.82) is 0 Å². The number of H-pyrrole nitrogens is 1. The summed E-state index contributed by atoms with van der Waals surface area (Å²) in [4.78, 5) is 3.11. The van der Waals surface area contributed by atoms with E-state index in [1.54, 1.807) is 13.0 Å². The van der Waals surface area contributed by atoms with E-state index in [0.717, 1.165) is 16.5 Å². The lowest BCUT2D eigenvalue weighted by molar-refractivity contribution is 0.196. The zero-order valence-corrected chi connectivity index (χ0v) is 9.73. The molecule has 2 rings (SSSR count). The van der Waals surface area contributed by atoms with Gasteiger partial charge in [-0.05, 0) is 24.6 Å². The summed E-state index contributed by atoms with van der Waals surface area (Å²) in [5.41, 5.74) is 1.94. The van der Waals surface area contributed by atoms with Crippen molar-refractivity contribution in [2.24, 2.45) is 0 Å². The summed E-state index contributed by atoms with van der Waals surface area (Å²) in [6.45, 7) is 1.75. The molecule has 0 aliphatic heterocycles. The topological polar surface area (TPSA) is 36.0 Å². The van der Waals surface area contributed by atoms with Crippen molar-refractivity contribution in [3.8, 4) is 0 Å². The van der Waals surface area contributed by atoms with E-state index in [0.29, 0.717) is 16.5 Å². The van der Waals surface area contributed by atoms with Gasteiger partial charge in [-0.25, -0.2) is 0 Å². The number of aliphatic hydroxyl groups is 1. The third kappa shape index (κ3) is 1.98. The second-order valence-corrected chi connectivity index (χ2v) is 4.44. The van der Waals surface area contributed by atoms with E-state index >= 15 is 0 Å². The summed E-state index contributed by atoms with van der Waals surface area (Å²) >= 11 is 12.1. The number of fused-ring (bicyclic) bond motifs is 1. The van der Waals surface area contributed by atoms with Gasteiger partial charge in [0, 0.05) is 23.5 Å². The highest BCUT2D eigenvalue weighted by Crippen LogP contribution is 2.33. The van der Waals surface area contributed by atoms with Crippen molar-refractivity contribution < 1.29 is 5.11 Å². The molecular formula is C11H11Cl2NO. The molecule has 1 heterocycles. The molecule has 0 saturated carbocycles. The van der Waals surface area contributed by atoms with Crippen LogP contribution in [0.4, 0.5) is 0 Å². The Labute approximate surface area is 97.8 Å². The zero-order chi connectivity index (χ0) is 11.0. The molecule has 0 spiro atoms. The molecule has 0 fully saturated rings. The van der Waals surface area contributed by atoms with Gasteiger partial charge in [-0.15, -0.1) is 0 Å². The summed E-state index contributed by atoms with van der Waals surface area (Å²) < 4.78 is 0. The maximum Gasteiger partial charge on any atom is 0.0688 e. The Kier molecular flexibility index (Phi) is 2.91. The van der Waals surface area contributed by atoms with Crippen LogP contribution in [0.25, 0.3) is 10.9 Å². The van der Waals surface area contributed by atoms with Crippen LogP contribution in [0, 0.1) is 0 Å². The molecule has 0 bridgehead atoms. The number of hydrogen-bond acceptors (Lipinski definition) is 1. The van der Waals surface area contributed by atoms with Gasteiger partial charge in [0.2, 0.25) is 0 Å². The van der Waals surface area contributed by atoms with Gasteiger partial charge in [0.05, 0.1) is 16.1 Å². The Hall–Kier alpha value is -0.700. The Morgan fingerprint density at radius 1 is 1.40 bits per heavy atom. The minimum atomic E-state index is -0.390. The molecule has 0 radical (unpaired) electrons. The maximum atomic E-state index is 9.35. The highest BCUT2D eigenvalue weighted by molar-refractivity contribution is 6.45. The Balaban J connectivity index is 2.61. The lowest BCUT2D eigenvalue weighted by atomic mass is 10.1. The highest BCUT2D eigenvalue weighted by Gasteiger charge is 2.11. The summed E-state index contributed by atoms with van der Waals surface area (Å²) in [5, 5.41) is 11.3. The Morgan fingerprint density at radius 2 is 2.13 bits per heavy atom. The first-order valence-corrected chi connectivity index (χ1v) is 5.47. The minimum Gasteiger partial charge on any atom is -0.393 e. The predicted octanol–water partition coefficient (Wildman–Crippen LogP) is 3.40. The van der Waals surface area contributed by atoms with Crippen LogP contribution in [0.5, 0.6) is 0 Å². The van der Waals surface area contributed by atoms with Crippen LogP contribution < -0.4 is 0 Å². The fraction of sp³-hybridized carbons (Fsp3) is 0.273. The number of benzene rings is 1. The number of hydrogen-bond donors (Lipinski definition) is 2. The van der Waals surface area contributed by atoms with Crippen LogP contribution in [0.1, 0.15) is 12.5 Å². The number of aromatic amines is 1. The number of aliphatic hydroxyl groups excluding tert-OH is 1. The van der Waals surface area contributed by atoms with Gasteiger partial charge < -0.3 is 10.1 Å². The summed E-state index contributed by atoms with van der Waals surface area (Å²) in [5.74, 6) is 0. The molecule has 80 valence electrons. The second-order valence-electron chi connectivity index (χ2n) is 3.65. The number of aromatic nitrogens is 1. The second kappa shape index (κ2) is 4.05. The zero-order valence-electron chi connectivity index (χ0n) is 8.22. The van der Waals surface area contributed by atoms with Crippen molar-refractivity contribution in [3.63, 3.8) is 0 Å². The first-order valence-electron chi connectivity index (χ1n) is 4.71. The highest BCUT2D eigenvalue weighted by atomic mass is 35.5. The molecule has 15 heavy (non-hydrogen) atoms. The predicted molar refractivity (Wildman–Crippen MR) is 63.7 cm³/mol. The van der Waals surface area contributed by atoms with Gasteiger partial charge in [-0.3, -0.25) is 0 Å². The molecule has 1 aromatic carbocycles. The van der Waals surface area contributed by atoms with Gasteiger partial charge in [0.15, 0.2) is 0 Å². The third-order valence-electron chi connectivity index (χ3n) is 2.33. The molecule has 2 aromatic rings. The minimum absolute atomic E-state index is 0.390. The quantitative estimate of drug-likeness (QED) is 0.834. The smallest absolute Gasteiger partial charge is 0.0688 e. The van der Waals surface area contributed by atoms with E-state index in [4.69, 9.17) is 23.2 Å². The van der Waals surface area contributed by atoms with E-state index in [1.807, 2.05) is 12.3 Å². The van der Waals surface area contributed by atoms with Crippen molar-refractivity contribution in [3.05, 3.63) is 33.9 Å². The Bertz CT molecular complexity index is 491. The average molecular weight is 244 g/mol. The molecule has 1 atom stereocenters. The molecular weight excluding hydrogens is 233 g/mol. The fourth-order valence-electron chi connectivity index (χ4n) is 1.70. The maximum absolute atomic E-state index is 9.35. The van der Waals surface area contributed by atoms with Crippen LogP contribution in [0.3, 0.4) is 0 Å². The standard InChI is InChI=1S/C11H11Cl2NO/c1-6(15)4-7-5-14-9-3-2-8(12)11(13)10(7)9/h2-3,5-6,14-15H,4H2,1H3. The van der Waals surface area contributed by atoms with E-state index in [1.165, 1.54) is 0 Å². The molecule has 0 aliphatic rings. The average Bonchev–Trinajstić information content (AvgIpc) is 2.55. The van der Waals surface area contributed by atoms with Crippen molar-refractivity contribution in [2.75, 3.05) is 0 Å². The SMILES string of the molecule is CC(O)Cc1c[nH]c2ccc(Cl)c(Cl)c12. The summed E-state index contributed by atoms with van der Waals surface area (Å²) in [7, 11) is 0. The summed E-state index contributed by atoms with van der Waals surface area (Å²) in [6, 6.07) is 3.64. The molecule has 0 amide bonds. The van der Waals surface area contributed by atoms with Crippen LogP contribution in [0.2, 0.25) is 10.0 Å². The van der Waals surface area contributed by atoms with Gasteiger partial charge in [0.25, 0.3) is 0 Å². The third-order valence-corrected chi connectivity index (χ3v) is 3.14. The van der Waals surface area contributed by atoms with Gasteiger partial charge in [-0.1, -0.05) is 23.2 Å². The van der Waals surface area contributed by atoms with Gasteiger partial charge in [0.1, 0.15) is 0 Å². The van der Waals surface area contributed by atoms with Crippen LogP contribution in [-0.4, -0.2) is 16.2 Å². The van der Waals surface area contributed by atoms with Crippen molar-refractivity contribution in [2.45, 2.75) is 19.4 Å². The lowest BCUT2D eigenvalue weighted by Crippen LogP contribution is -2.03. The van der Waals surface area contributed by atoms with Gasteiger partial charge >= 0.3 is 0 Å². The fourth-order valence-corrected chi connectivity index (χ4v) is 2.14. The summed E-state index contributed by atoms with van der Waals surface area (Å²) in [6.07, 6.45) is 2.04. The van der Waals surface area contributed by atoms with E-state index in [2.05, 4.69) is 4.98 Å². The van der Waals surface area contributed by atoms with Crippen LogP contribution in [-0.2, 0) is 6.42 Å². The van der Waals surface area contributed by atoms with Crippen molar-refractivity contribution in [1.82, 2.24) is 4.98 Å². The molecule has 4 heteroatoms. The van der Waals surface area contributed by atoms with Gasteiger partial charge in [-0.2, -0.15) is 0 Å². The first-order chi connectivity index (χ1) is 7.09. The van der Waals surface area contributed by atoms with E-state index < -0.39 is 0 Å². The molecule has 0 aliphatic carbocycles. The van der Waals surface area contributed by atoms with Crippen LogP contribution >= 0.6 is 23.2 Å². The van der Waals surface area contributed by atoms with Crippen molar-refractivity contribution >= 4 is 34.1 Å². The number of halogens is 2. The monoisotopic (exact) mass is 243 g/mol. The molecule has 1 aromatic heterocycles. The molecule has 2 nitrogen and oxygen atoms in total. The molecule has 0 saturated heterocycles. The molecule has 1 unspecified atom stereocenters. The number of rotatable bonds is 2.